The number of pyridine rings is 1. The number of carbonyl (C=O) groups is 1. The molecule has 0 aliphatic carbocycles. The Morgan fingerprint density at radius 1 is 1.10 bits per heavy atom. The maximum atomic E-state index is 13.5. The van der Waals surface area contributed by atoms with Crippen LogP contribution in [0.25, 0.3) is 16.6 Å². The molecule has 4 rings (SSSR count). The van der Waals surface area contributed by atoms with Gasteiger partial charge in [-0.1, -0.05) is 0 Å². The number of nitrogens with two attached hydrogens (primary N) is 1. The lowest BCUT2D eigenvalue weighted by atomic mass is 10.1. The van der Waals surface area contributed by atoms with Crippen LogP contribution in [-0.2, 0) is 0 Å². The van der Waals surface area contributed by atoms with Gasteiger partial charge >= 0.3 is 0 Å². The van der Waals surface area contributed by atoms with E-state index in [-0.39, 0.29) is 28.5 Å². The summed E-state index contributed by atoms with van der Waals surface area (Å²) in [5, 5.41) is 3.58. The lowest BCUT2D eigenvalue weighted by Gasteiger charge is -2.15. The molecule has 148 valence electrons. The second-order valence-electron chi connectivity index (χ2n) is 7.06. The summed E-state index contributed by atoms with van der Waals surface area (Å²) in [6, 6.07) is 12.8. The zero-order valence-corrected chi connectivity index (χ0v) is 15.7. The maximum Gasteiger partial charge on any atom is 0.257 e. The summed E-state index contributed by atoms with van der Waals surface area (Å²) in [4.78, 5) is 29.2. The third-order valence-corrected chi connectivity index (χ3v) is 5.04. The third kappa shape index (κ3) is 3.99. The summed E-state index contributed by atoms with van der Waals surface area (Å²) < 4.78 is 13.5. The van der Waals surface area contributed by atoms with Gasteiger partial charge in [-0.25, -0.2) is 4.39 Å². The monoisotopic (exact) mass is 392 g/mol. The number of aromatic nitrogens is 1. The molecule has 0 atom stereocenters. The Morgan fingerprint density at radius 3 is 2.55 bits per heavy atom. The number of nitrogens with one attached hydrogen (secondary N) is 2. The van der Waals surface area contributed by atoms with Crippen LogP contribution < -0.4 is 16.6 Å². The zero-order valence-electron chi connectivity index (χ0n) is 15.7. The van der Waals surface area contributed by atoms with E-state index in [0.29, 0.717) is 16.5 Å². The number of halogens is 1. The van der Waals surface area contributed by atoms with Crippen molar-refractivity contribution >= 4 is 28.2 Å². The summed E-state index contributed by atoms with van der Waals surface area (Å²) in [6.07, 6.45) is 3.61. The number of anilines is 1. The molecule has 1 aliphatic heterocycles. The van der Waals surface area contributed by atoms with Gasteiger partial charge in [-0.3, -0.25) is 9.59 Å². The molecule has 0 unspecified atom stereocenters. The highest BCUT2D eigenvalue weighted by molar-refractivity contribution is 5.94. The van der Waals surface area contributed by atoms with Crippen LogP contribution >= 0.6 is 0 Å². The average molecular weight is 392 g/mol. The Balaban J connectivity index is 1.51. The Labute approximate surface area is 166 Å². The van der Waals surface area contributed by atoms with Crippen molar-refractivity contribution in [3.8, 4) is 0 Å². The van der Waals surface area contributed by atoms with Gasteiger partial charge in [-0.05, 0) is 61.4 Å². The summed E-state index contributed by atoms with van der Waals surface area (Å²) in [5.74, 6) is -0.348. The molecule has 1 fully saturated rings. The van der Waals surface area contributed by atoms with Crippen LogP contribution in [0.1, 0.15) is 28.8 Å². The van der Waals surface area contributed by atoms with Crippen LogP contribution in [0.3, 0.4) is 0 Å². The number of benzene rings is 2. The van der Waals surface area contributed by atoms with Gasteiger partial charge in [-0.15, -0.1) is 0 Å². The number of nitrogens with zero attached hydrogens (tertiary/aromatic N) is 1. The van der Waals surface area contributed by atoms with E-state index < -0.39 is 0 Å². The van der Waals surface area contributed by atoms with Gasteiger partial charge in [0.15, 0.2) is 0 Å². The van der Waals surface area contributed by atoms with Crippen LogP contribution in [-0.4, -0.2) is 28.9 Å². The summed E-state index contributed by atoms with van der Waals surface area (Å²) in [5.41, 5.74) is 8.08. The van der Waals surface area contributed by atoms with Gasteiger partial charge in [0.25, 0.3) is 11.5 Å². The number of carbonyl (C=O) groups excluding carboxylic acids is 1. The molecule has 2 heterocycles. The predicted molar refractivity (Wildman–Crippen MR) is 112 cm³/mol. The lowest BCUT2D eigenvalue weighted by Crippen LogP contribution is -2.27. The zero-order chi connectivity index (χ0) is 20.4. The Hall–Kier alpha value is -3.61. The smallest absolute Gasteiger partial charge is 0.257 e. The molecule has 7 heteroatoms. The van der Waals surface area contributed by atoms with E-state index in [2.05, 4.69) is 10.3 Å². The fourth-order valence-electron chi connectivity index (χ4n) is 3.44. The summed E-state index contributed by atoms with van der Waals surface area (Å²) in [7, 11) is 0. The van der Waals surface area contributed by atoms with Gasteiger partial charge in [0.2, 0.25) is 0 Å². The first-order chi connectivity index (χ1) is 14.0. The first-order valence-electron chi connectivity index (χ1n) is 9.46. The minimum absolute atomic E-state index is 0.0408. The van der Waals surface area contributed by atoms with Crippen LogP contribution in [0.4, 0.5) is 10.1 Å². The molecule has 1 saturated heterocycles. The average Bonchev–Trinajstić information content (AvgIpc) is 3.26. The molecule has 1 aliphatic rings. The first kappa shape index (κ1) is 18.7. The van der Waals surface area contributed by atoms with E-state index in [4.69, 9.17) is 5.73 Å². The molecular weight excluding hydrogens is 371 g/mol. The molecule has 2 aromatic carbocycles. The van der Waals surface area contributed by atoms with Crippen molar-refractivity contribution in [1.29, 1.82) is 0 Å². The van der Waals surface area contributed by atoms with Crippen molar-refractivity contribution in [3.05, 3.63) is 82.0 Å². The Bertz CT molecular complexity index is 1150. The van der Waals surface area contributed by atoms with E-state index in [1.165, 1.54) is 24.4 Å². The van der Waals surface area contributed by atoms with Gasteiger partial charge in [0.1, 0.15) is 5.82 Å². The minimum atomic E-state index is -0.389. The van der Waals surface area contributed by atoms with E-state index >= 15 is 0 Å². The van der Waals surface area contributed by atoms with Crippen LogP contribution in [0.2, 0.25) is 0 Å². The normalized spacial score (nSPS) is 14.4. The molecule has 6 nitrogen and oxygen atoms in total. The van der Waals surface area contributed by atoms with Crippen molar-refractivity contribution in [2.75, 3.05) is 18.4 Å². The largest absolute Gasteiger partial charge is 0.397 e. The fraction of sp³-hybridized carbons (Fsp3) is 0.182. The third-order valence-electron chi connectivity index (χ3n) is 5.04. The second kappa shape index (κ2) is 7.79. The quantitative estimate of drug-likeness (QED) is 0.636. The lowest BCUT2D eigenvalue weighted by molar-refractivity contribution is 0.0793. The van der Waals surface area contributed by atoms with E-state index in [0.717, 1.165) is 31.6 Å². The van der Waals surface area contributed by atoms with E-state index in [1.807, 2.05) is 4.90 Å². The number of hydrogen-bond acceptors (Lipinski definition) is 4. The first-order valence-corrected chi connectivity index (χ1v) is 9.46. The Morgan fingerprint density at radius 2 is 1.83 bits per heavy atom. The van der Waals surface area contributed by atoms with Crippen molar-refractivity contribution in [2.24, 2.45) is 5.73 Å². The molecule has 3 aromatic rings. The topological polar surface area (TPSA) is 91.2 Å². The molecule has 0 spiro atoms. The number of aromatic amines is 1. The highest BCUT2D eigenvalue weighted by Gasteiger charge is 2.19. The SMILES string of the molecule is N/C(=C\Nc1ccc(C(=O)N2CCCC2)cc1)c1cc2cc(F)ccc2[nH]c1=O. The number of amides is 1. The van der Waals surface area contributed by atoms with Crippen LogP contribution in [0, 0.1) is 5.82 Å². The highest BCUT2D eigenvalue weighted by atomic mass is 19.1. The fourth-order valence-corrected chi connectivity index (χ4v) is 3.44. The van der Waals surface area contributed by atoms with Gasteiger partial charge in [0.05, 0.1) is 11.3 Å². The van der Waals surface area contributed by atoms with Gasteiger partial charge in [0, 0.05) is 41.4 Å². The van der Waals surface area contributed by atoms with Gasteiger partial charge < -0.3 is 20.9 Å². The molecule has 29 heavy (non-hydrogen) atoms. The van der Waals surface area contributed by atoms with E-state index in [9.17, 15) is 14.0 Å². The highest BCUT2D eigenvalue weighted by Crippen LogP contribution is 2.17. The van der Waals surface area contributed by atoms with Crippen LogP contribution in [0.5, 0.6) is 0 Å². The standard InChI is InChI=1S/C22H21FN4O2/c23-16-5-8-20-15(11-16)12-18(21(28)26-20)19(24)13-25-17-6-3-14(4-7-17)22(29)27-9-1-2-10-27/h3-8,11-13,25H,1-2,9-10,24H2,(H,26,28)/b19-13-. The molecular formula is C22H21FN4O2. The maximum absolute atomic E-state index is 13.5. The predicted octanol–water partition coefficient (Wildman–Crippen LogP) is 3.27. The number of fused-ring (bicyclic) bond motifs is 1. The second-order valence-corrected chi connectivity index (χ2v) is 7.06. The molecule has 0 radical (unpaired) electrons. The molecule has 1 amide bonds. The minimum Gasteiger partial charge on any atom is -0.397 e. The van der Waals surface area contributed by atoms with Crippen molar-refractivity contribution in [2.45, 2.75) is 12.8 Å². The molecule has 1 aromatic heterocycles. The van der Waals surface area contributed by atoms with Crippen LogP contribution in [0.15, 0.2) is 59.5 Å². The molecule has 4 N–H and O–H groups in total. The van der Waals surface area contributed by atoms with Crippen molar-refractivity contribution in [3.63, 3.8) is 0 Å². The Kier molecular flexibility index (Phi) is 5.03. The molecule has 0 saturated carbocycles. The van der Waals surface area contributed by atoms with Crippen molar-refractivity contribution in [1.82, 2.24) is 9.88 Å². The van der Waals surface area contributed by atoms with E-state index in [1.54, 1.807) is 30.3 Å². The van der Waals surface area contributed by atoms with Crippen molar-refractivity contribution < 1.29 is 9.18 Å². The number of rotatable bonds is 4. The number of hydrogen-bond donors (Lipinski definition) is 3. The van der Waals surface area contributed by atoms with Gasteiger partial charge in [-0.2, -0.15) is 0 Å². The number of H-pyrrole nitrogens is 1. The summed E-state index contributed by atoms with van der Waals surface area (Å²) in [6.45, 7) is 1.62. The summed E-state index contributed by atoms with van der Waals surface area (Å²) >= 11 is 0. The number of likely N-dealkylation sites (tertiary alicyclic amines) is 1. The molecule has 0 bridgehead atoms.